The standard InChI is InChI=1S/C7H3Cl2F2I/c8-4-1-3(7(10)11)6(12)2-5(4)9/h1-2,7H. The van der Waals surface area contributed by atoms with Crippen LogP contribution in [0.15, 0.2) is 12.1 Å². The van der Waals surface area contributed by atoms with Crippen LogP contribution in [0.2, 0.25) is 10.0 Å². The van der Waals surface area contributed by atoms with E-state index in [0.29, 0.717) is 8.59 Å². The molecule has 0 saturated heterocycles. The van der Waals surface area contributed by atoms with E-state index >= 15 is 0 Å². The van der Waals surface area contributed by atoms with Crippen LogP contribution in [-0.2, 0) is 0 Å². The zero-order valence-electron chi connectivity index (χ0n) is 5.62. The molecule has 1 rings (SSSR count). The summed E-state index contributed by atoms with van der Waals surface area (Å²) >= 11 is 13.0. The lowest BCUT2D eigenvalue weighted by Gasteiger charge is -2.04. The summed E-state index contributed by atoms with van der Waals surface area (Å²) in [6, 6.07) is 2.61. The van der Waals surface area contributed by atoms with Gasteiger partial charge in [-0.15, -0.1) is 0 Å². The molecule has 0 unspecified atom stereocenters. The van der Waals surface area contributed by atoms with E-state index in [-0.39, 0.29) is 10.6 Å². The molecule has 0 saturated carbocycles. The molecule has 0 aliphatic carbocycles. The number of alkyl halides is 2. The minimum absolute atomic E-state index is 0.0787. The quantitative estimate of drug-likeness (QED) is 0.526. The van der Waals surface area contributed by atoms with Crippen LogP contribution in [0.1, 0.15) is 12.0 Å². The minimum atomic E-state index is -2.51. The van der Waals surface area contributed by atoms with Crippen molar-refractivity contribution in [3.05, 3.63) is 31.3 Å². The monoisotopic (exact) mass is 322 g/mol. The maximum Gasteiger partial charge on any atom is 0.264 e. The number of rotatable bonds is 1. The average Bonchev–Trinajstić information content (AvgIpc) is 1.96. The average molecular weight is 323 g/mol. The molecule has 0 amide bonds. The van der Waals surface area contributed by atoms with E-state index < -0.39 is 6.43 Å². The Morgan fingerprint density at radius 2 is 1.67 bits per heavy atom. The third kappa shape index (κ3) is 2.20. The third-order valence-electron chi connectivity index (χ3n) is 1.27. The summed E-state index contributed by atoms with van der Waals surface area (Å²) in [5, 5.41) is 0.456. The maximum atomic E-state index is 12.2. The lowest BCUT2D eigenvalue weighted by atomic mass is 10.2. The van der Waals surface area contributed by atoms with Gasteiger partial charge < -0.3 is 0 Å². The largest absolute Gasteiger partial charge is 0.264 e. The van der Waals surface area contributed by atoms with Gasteiger partial charge >= 0.3 is 0 Å². The molecule has 0 aliphatic rings. The number of hydrogen-bond acceptors (Lipinski definition) is 0. The van der Waals surface area contributed by atoms with Gasteiger partial charge in [0.1, 0.15) is 0 Å². The van der Waals surface area contributed by atoms with Gasteiger partial charge in [0, 0.05) is 9.13 Å². The van der Waals surface area contributed by atoms with E-state index in [2.05, 4.69) is 0 Å². The molecule has 0 bridgehead atoms. The van der Waals surface area contributed by atoms with Gasteiger partial charge in [-0.05, 0) is 34.7 Å². The summed E-state index contributed by atoms with van der Waals surface area (Å²) in [6.45, 7) is 0. The Morgan fingerprint density at radius 1 is 1.17 bits per heavy atom. The predicted octanol–water partition coefficient (Wildman–Crippen LogP) is 4.54. The molecule has 0 N–H and O–H groups in total. The lowest BCUT2D eigenvalue weighted by Crippen LogP contribution is -1.89. The van der Waals surface area contributed by atoms with Gasteiger partial charge in [0.15, 0.2) is 0 Å². The molecule has 0 nitrogen and oxygen atoms in total. The van der Waals surface area contributed by atoms with Crippen LogP contribution in [0, 0.1) is 3.57 Å². The first kappa shape index (κ1) is 10.5. The molecule has 1 aromatic rings. The topological polar surface area (TPSA) is 0 Å². The zero-order chi connectivity index (χ0) is 9.30. The van der Waals surface area contributed by atoms with E-state index in [4.69, 9.17) is 23.2 Å². The molecule has 1 aromatic carbocycles. The molecule has 5 heteroatoms. The Balaban J connectivity index is 3.23. The van der Waals surface area contributed by atoms with Crippen LogP contribution >= 0.6 is 45.8 Å². The summed E-state index contributed by atoms with van der Waals surface area (Å²) in [4.78, 5) is 0. The second-order valence-electron chi connectivity index (χ2n) is 2.09. The first-order valence-electron chi connectivity index (χ1n) is 2.95. The van der Waals surface area contributed by atoms with Gasteiger partial charge in [0.2, 0.25) is 0 Å². The highest BCUT2D eigenvalue weighted by Gasteiger charge is 2.13. The molecule has 12 heavy (non-hydrogen) atoms. The molecular weight excluding hydrogens is 320 g/mol. The Kier molecular flexibility index (Phi) is 3.55. The number of halogens is 5. The molecule has 0 spiro atoms. The molecule has 66 valence electrons. The second-order valence-corrected chi connectivity index (χ2v) is 4.07. The fourth-order valence-electron chi connectivity index (χ4n) is 0.705. The van der Waals surface area contributed by atoms with Crippen molar-refractivity contribution in [3.63, 3.8) is 0 Å². The Hall–Kier alpha value is 0.390. The molecule has 0 atom stereocenters. The molecule has 0 aromatic heterocycles. The molecule has 0 fully saturated rings. The van der Waals surface area contributed by atoms with Gasteiger partial charge in [0.25, 0.3) is 6.43 Å². The fourth-order valence-corrected chi connectivity index (χ4v) is 1.93. The Bertz CT molecular complexity index is 302. The zero-order valence-corrected chi connectivity index (χ0v) is 9.29. The van der Waals surface area contributed by atoms with Crippen molar-refractivity contribution in [2.75, 3.05) is 0 Å². The van der Waals surface area contributed by atoms with Crippen LogP contribution in [0.4, 0.5) is 8.78 Å². The normalized spacial score (nSPS) is 10.8. The number of benzene rings is 1. The van der Waals surface area contributed by atoms with E-state index in [1.54, 1.807) is 22.6 Å². The van der Waals surface area contributed by atoms with Crippen LogP contribution < -0.4 is 0 Å². The molecule has 0 radical (unpaired) electrons. The highest BCUT2D eigenvalue weighted by Crippen LogP contribution is 2.31. The van der Waals surface area contributed by atoms with Crippen LogP contribution in [-0.4, -0.2) is 0 Å². The van der Waals surface area contributed by atoms with Crippen molar-refractivity contribution in [2.45, 2.75) is 6.43 Å². The predicted molar refractivity (Wildman–Crippen MR) is 54.1 cm³/mol. The third-order valence-corrected chi connectivity index (χ3v) is 2.93. The van der Waals surface area contributed by atoms with Gasteiger partial charge in [-0.2, -0.15) is 0 Å². The number of hydrogen-bond donors (Lipinski definition) is 0. The summed E-state index contributed by atoms with van der Waals surface area (Å²) < 4.78 is 24.9. The Morgan fingerprint density at radius 3 is 2.17 bits per heavy atom. The lowest BCUT2D eigenvalue weighted by molar-refractivity contribution is 0.150. The van der Waals surface area contributed by atoms with Crippen LogP contribution in [0.5, 0.6) is 0 Å². The summed E-state index contributed by atoms with van der Waals surface area (Å²) in [5.74, 6) is 0. The van der Waals surface area contributed by atoms with Crippen LogP contribution in [0.3, 0.4) is 0 Å². The van der Waals surface area contributed by atoms with Crippen molar-refractivity contribution < 1.29 is 8.78 Å². The maximum absolute atomic E-state index is 12.2. The first-order valence-corrected chi connectivity index (χ1v) is 4.78. The van der Waals surface area contributed by atoms with Gasteiger partial charge in [-0.1, -0.05) is 23.2 Å². The van der Waals surface area contributed by atoms with E-state index in [0.717, 1.165) is 0 Å². The van der Waals surface area contributed by atoms with Gasteiger partial charge in [-0.3, -0.25) is 0 Å². The van der Waals surface area contributed by atoms with Crippen molar-refractivity contribution in [1.29, 1.82) is 0 Å². The van der Waals surface area contributed by atoms with Crippen molar-refractivity contribution in [3.8, 4) is 0 Å². The molecule has 0 heterocycles. The van der Waals surface area contributed by atoms with Crippen molar-refractivity contribution in [1.82, 2.24) is 0 Å². The molecule has 0 aliphatic heterocycles. The first-order chi connectivity index (χ1) is 5.52. The Labute approximate surface area is 92.0 Å². The summed E-state index contributed by atoms with van der Waals surface area (Å²) in [6.07, 6.45) is -2.51. The van der Waals surface area contributed by atoms with Crippen LogP contribution in [0.25, 0.3) is 0 Å². The van der Waals surface area contributed by atoms with Crippen molar-refractivity contribution >= 4 is 45.8 Å². The fraction of sp³-hybridized carbons (Fsp3) is 0.143. The SMILES string of the molecule is FC(F)c1cc(Cl)c(Cl)cc1I. The molecular formula is C7H3Cl2F2I. The minimum Gasteiger partial charge on any atom is -0.205 e. The van der Waals surface area contributed by atoms with Crippen molar-refractivity contribution in [2.24, 2.45) is 0 Å². The second kappa shape index (κ2) is 4.07. The van der Waals surface area contributed by atoms with E-state index in [1.807, 2.05) is 0 Å². The van der Waals surface area contributed by atoms with E-state index in [1.165, 1.54) is 12.1 Å². The van der Waals surface area contributed by atoms with Gasteiger partial charge in [0.05, 0.1) is 10.0 Å². The van der Waals surface area contributed by atoms with E-state index in [9.17, 15) is 8.78 Å². The summed E-state index contributed by atoms with van der Waals surface area (Å²) in [5.41, 5.74) is -0.0787. The smallest absolute Gasteiger partial charge is 0.205 e. The highest BCUT2D eigenvalue weighted by atomic mass is 127. The summed E-state index contributed by atoms with van der Waals surface area (Å²) in [7, 11) is 0. The van der Waals surface area contributed by atoms with Gasteiger partial charge in [-0.25, -0.2) is 8.78 Å². The highest BCUT2D eigenvalue weighted by molar-refractivity contribution is 14.1.